The van der Waals surface area contributed by atoms with Crippen LogP contribution in [0, 0.1) is 0 Å². The predicted molar refractivity (Wildman–Crippen MR) is 272 cm³/mol. The minimum absolute atomic E-state index is 0.0175. The van der Waals surface area contributed by atoms with E-state index in [0.29, 0.717) is 0 Å². The Hall–Kier alpha value is -5.75. The molecule has 0 aromatic heterocycles. The number of likely N-dealkylation sites (N-methyl/N-ethyl adjacent to an activating group) is 1. The minimum Gasteiger partial charge on any atom is -0.366 e. The predicted octanol–water partition coefficient (Wildman–Crippen LogP) is 13.6. The fourth-order valence-corrected chi connectivity index (χ4v) is 5.04. The van der Waals surface area contributed by atoms with Gasteiger partial charge in [0.05, 0.1) is 0 Å². The molecule has 0 atom stereocenters. The van der Waals surface area contributed by atoms with Gasteiger partial charge < -0.3 is 16.4 Å². The fourth-order valence-electron chi connectivity index (χ4n) is 5.04. The summed E-state index contributed by atoms with van der Waals surface area (Å²) >= 11 is 0. The van der Waals surface area contributed by atoms with E-state index in [2.05, 4.69) is 129 Å². The monoisotopic (exact) mass is 846 g/mol. The average Bonchev–Trinajstić information content (AvgIpc) is 3.27. The lowest BCUT2D eigenvalue weighted by Crippen LogP contribution is -2.18. The highest BCUT2D eigenvalue weighted by Crippen LogP contribution is 2.10. The summed E-state index contributed by atoms with van der Waals surface area (Å²) in [6.45, 7) is 13.6. The molecule has 340 valence electrons. The molecular formula is C56H83N3O3. The molecule has 0 saturated heterocycles. The van der Waals surface area contributed by atoms with E-state index in [1.54, 1.807) is 50.2 Å². The van der Waals surface area contributed by atoms with Gasteiger partial charge in [0, 0.05) is 26.2 Å². The van der Waals surface area contributed by atoms with Gasteiger partial charge in [0.15, 0.2) is 0 Å². The van der Waals surface area contributed by atoms with Crippen LogP contribution in [0.3, 0.4) is 0 Å². The van der Waals surface area contributed by atoms with Gasteiger partial charge in [0.1, 0.15) is 0 Å². The van der Waals surface area contributed by atoms with E-state index < -0.39 is 11.8 Å². The standard InChI is InChI=1S/C17H23NO.C16H21NO.C14H18.C4H7NO.C3H8.C2H6/c18-17(19)15-11-6-4-2-1-3-5-8-12-16-13-9-7-10-14-16;1-17(2)16(18)14-10-5-3-4-7-11-15-12-8-6-9-13-15;1-2-3-4-5-6-8-11-14-12-9-7-10-13-14;1-2-3-4(5)6;1-3-2;1-2/h4,6-7,9-11,13-15H,1-3,5,8,12H2,(H2,18,19);3,5-6,8-10,12-14H,4,7,11H2,1-2H3;2-4,7,9-10,12-13H,1,5-6,8,11H2;2-3H,1H3,(H2,5,6);3H2,1-2H3;1-2H3/b6-4+,15-11+;5-3+,14-10+;4-3+;3-2+;;. The summed E-state index contributed by atoms with van der Waals surface area (Å²) in [5.74, 6) is -0.771. The molecule has 4 N–H and O–H groups in total. The maximum Gasteiger partial charge on any atom is 0.246 e. The van der Waals surface area contributed by atoms with Gasteiger partial charge in [-0.05, 0) is 100 Å². The maximum absolute atomic E-state index is 11.2. The van der Waals surface area contributed by atoms with E-state index in [1.807, 2.05) is 44.2 Å². The number of nitrogens with two attached hydrogens (primary N) is 2. The Bertz CT molecular complexity index is 1640. The van der Waals surface area contributed by atoms with Crippen molar-refractivity contribution in [1.29, 1.82) is 0 Å². The number of aryl methyl sites for hydroxylation is 3. The van der Waals surface area contributed by atoms with Crippen LogP contribution in [0.25, 0.3) is 0 Å². The zero-order chi connectivity index (χ0) is 46.7. The van der Waals surface area contributed by atoms with Gasteiger partial charge in [-0.2, -0.15) is 0 Å². The third kappa shape index (κ3) is 48.6. The first-order valence-corrected chi connectivity index (χ1v) is 22.6. The molecule has 0 unspecified atom stereocenters. The van der Waals surface area contributed by atoms with Crippen molar-refractivity contribution >= 4 is 17.7 Å². The molecule has 0 radical (unpaired) electrons. The number of rotatable bonds is 22. The molecular weight excluding hydrogens is 763 g/mol. The molecule has 3 amide bonds. The summed E-state index contributed by atoms with van der Waals surface area (Å²) in [6, 6.07) is 31.8. The molecule has 3 rings (SSSR count). The number of carbonyl (C=O) groups excluding carboxylic acids is 3. The second kappa shape index (κ2) is 49.6. The van der Waals surface area contributed by atoms with Gasteiger partial charge in [-0.15, -0.1) is 0 Å². The Morgan fingerprint density at radius 1 is 0.516 bits per heavy atom. The van der Waals surface area contributed by atoms with Crippen LogP contribution in [-0.2, 0) is 33.6 Å². The Morgan fingerprint density at radius 2 is 0.871 bits per heavy atom. The van der Waals surface area contributed by atoms with Gasteiger partial charge in [-0.25, -0.2) is 0 Å². The maximum atomic E-state index is 11.2. The van der Waals surface area contributed by atoms with Crippen LogP contribution in [-0.4, -0.2) is 36.7 Å². The van der Waals surface area contributed by atoms with Crippen molar-refractivity contribution in [3.8, 4) is 0 Å². The van der Waals surface area contributed by atoms with E-state index in [0.717, 1.165) is 25.7 Å². The molecule has 6 nitrogen and oxygen atoms in total. The molecule has 62 heavy (non-hydrogen) atoms. The first kappa shape index (κ1) is 60.6. The molecule has 0 aliphatic carbocycles. The second-order valence-corrected chi connectivity index (χ2v) is 14.0. The van der Waals surface area contributed by atoms with Crippen molar-refractivity contribution < 1.29 is 14.4 Å². The highest BCUT2D eigenvalue weighted by molar-refractivity contribution is 5.87. The smallest absolute Gasteiger partial charge is 0.246 e. The Kier molecular flexibility index (Phi) is 48.5. The number of hydrogen-bond acceptors (Lipinski definition) is 3. The molecule has 0 saturated carbocycles. The first-order chi connectivity index (χ1) is 30.1. The molecule has 0 bridgehead atoms. The van der Waals surface area contributed by atoms with Crippen LogP contribution in [0.4, 0.5) is 0 Å². The van der Waals surface area contributed by atoms with Crippen LogP contribution in [0.1, 0.15) is 122 Å². The average molecular weight is 846 g/mol. The van der Waals surface area contributed by atoms with E-state index in [-0.39, 0.29) is 5.91 Å². The number of nitrogens with zero attached hydrogens (tertiary/aromatic N) is 1. The zero-order valence-electron chi connectivity index (χ0n) is 39.6. The summed E-state index contributed by atoms with van der Waals surface area (Å²) in [4.78, 5) is 32.9. The number of amides is 3. The third-order valence-electron chi connectivity index (χ3n) is 8.07. The molecule has 0 spiro atoms. The zero-order valence-corrected chi connectivity index (χ0v) is 39.6. The first-order valence-electron chi connectivity index (χ1n) is 22.6. The number of unbranched alkanes of at least 4 members (excludes halogenated alkanes) is 7. The Balaban J connectivity index is -0.000000757. The largest absolute Gasteiger partial charge is 0.366 e. The SMILES string of the molecule is C/C=C/C(N)=O.C=C/C=C/CCCCc1ccccc1.CC.CCC.CN(C)C(=O)/C=C/C=C/CCCc1ccccc1.NC(=O)/C=C/C=C/CCCCCCc1ccccc1. The van der Waals surface area contributed by atoms with Gasteiger partial charge in [0.2, 0.25) is 17.7 Å². The van der Waals surface area contributed by atoms with Crippen LogP contribution >= 0.6 is 0 Å². The van der Waals surface area contributed by atoms with E-state index in [4.69, 9.17) is 5.73 Å². The van der Waals surface area contributed by atoms with Gasteiger partial charge in [-0.1, -0.05) is 205 Å². The van der Waals surface area contributed by atoms with Crippen molar-refractivity contribution in [2.45, 2.75) is 125 Å². The number of carbonyl (C=O) groups is 3. The second-order valence-electron chi connectivity index (χ2n) is 14.0. The van der Waals surface area contributed by atoms with E-state index in [1.165, 1.54) is 93.1 Å². The highest BCUT2D eigenvalue weighted by Gasteiger charge is 1.95. The summed E-state index contributed by atoms with van der Waals surface area (Å²) in [5, 5.41) is 0. The normalized spacial score (nSPS) is 10.4. The molecule has 0 fully saturated rings. The Morgan fingerprint density at radius 3 is 1.26 bits per heavy atom. The quantitative estimate of drug-likeness (QED) is 0.0597. The summed E-state index contributed by atoms with van der Waals surface area (Å²) in [5.41, 5.74) is 13.9. The van der Waals surface area contributed by atoms with Crippen molar-refractivity contribution in [2.24, 2.45) is 11.5 Å². The topological polar surface area (TPSA) is 106 Å². The molecule has 6 heteroatoms. The van der Waals surface area contributed by atoms with Crippen LogP contribution in [0.15, 0.2) is 177 Å². The number of hydrogen-bond donors (Lipinski definition) is 2. The number of primary amides is 2. The Labute approximate surface area is 379 Å². The lowest BCUT2D eigenvalue weighted by atomic mass is 10.1. The molecule has 3 aromatic rings. The molecule has 0 aliphatic heterocycles. The highest BCUT2D eigenvalue weighted by atomic mass is 16.2. The summed E-state index contributed by atoms with van der Waals surface area (Å²) in [7, 11) is 3.49. The fraction of sp³-hybridized carbons (Fsp3) is 0.375. The van der Waals surface area contributed by atoms with Gasteiger partial charge >= 0.3 is 0 Å². The number of allylic oxidation sites excluding steroid dienone is 10. The van der Waals surface area contributed by atoms with Gasteiger partial charge in [0.25, 0.3) is 0 Å². The van der Waals surface area contributed by atoms with E-state index in [9.17, 15) is 14.4 Å². The van der Waals surface area contributed by atoms with Crippen molar-refractivity contribution in [3.05, 3.63) is 193 Å². The van der Waals surface area contributed by atoms with Gasteiger partial charge in [-0.3, -0.25) is 14.4 Å². The van der Waals surface area contributed by atoms with Crippen molar-refractivity contribution in [3.63, 3.8) is 0 Å². The minimum atomic E-state index is -0.398. The lowest BCUT2D eigenvalue weighted by molar-refractivity contribution is -0.123. The van der Waals surface area contributed by atoms with Crippen molar-refractivity contribution in [2.75, 3.05) is 14.1 Å². The van der Waals surface area contributed by atoms with E-state index >= 15 is 0 Å². The summed E-state index contributed by atoms with van der Waals surface area (Å²) < 4.78 is 0. The third-order valence-corrected chi connectivity index (χ3v) is 8.07. The molecule has 0 aliphatic rings. The molecule has 3 aromatic carbocycles. The van der Waals surface area contributed by atoms with Crippen LogP contribution < -0.4 is 11.5 Å². The number of benzene rings is 3. The molecule has 0 heterocycles. The lowest BCUT2D eigenvalue weighted by Gasteiger charge is -2.04. The van der Waals surface area contributed by atoms with Crippen molar-refractivity contribution in [1.82, 2.24) is 4.90 Å². The van der Waals surface area contributed by atoms with Crippen LogP contribution in [0.5, 0.6) is 0 Å². The summed E-state index contributed by atoms with van der Waals surface area (Å²) in [6.07, 6.45) is 40.0. The van der Waals surface area contributed by atoms with Crippen LogP contribution in [0.2, 0.25) is 0 Å².